The molecule has 3 unspecified atom stereocenters. The third kappa shape index (κ3) is 67.0. The second kappa shape index (κ2) is 64.7. The molecular weight excluding hydrogens is 1220 g/mol. The van der Waals surface area contributed by atoms with Gasteiger partial charge in [0.2, 0.25) is 0 Å². The highest BCUT2D eigenvalue weighted by molar-refractivity contribution is 7.47. The number of phosphoric acid groups is 2. The Balaban J connectivity index is 5.27. The molecule has 93 heavy (non-hydrogen) atoms. The van der Waals surface area contributed by atoms with Crippen LogP contribution < -0.4 is 0 Å². The van der Waals surface area contributed by atoms with Crippen molar-refractivity contribution in [3.63, 3.8) is 0 Å². The van der Waals surface area contributed by atoms with Crippen LogP contribution in [0.15, 0.2) is 0 Å². The van der Waals surface area contributed by atoms with Gasteiger partial charge in [-0.3, -0.25) is 37.3 Å². The molecule has 17 nitrogen and oxygen atoms in total. The number of carbonyl (C=O) groups is 4. The molecule has 552 valence electrons. The molecule has 0 amide bonds. The van der Waals surface area contributed by atoms with Gasteiger partial charge < -0.3 is 33.8 Å². The second-order valence-corrected chi connectivity index (χ2v) is 30.8. The summed E-state index contributed by atoms with van der Waals surface area (Å²) in [6.45, 7) is 11.9. The normalized spacial score (nSPS) is 14.4. The van der Waals surface area contributed by atoms with Crippen molar-refractivity contribution < 1.29 is 80.2 Å². The average molecular weight is 1370 g/mol. The Kier molecular flexibility index (Phi) is 63.4. The Morgan fingerprint density at radius 3 is 0.817 bits per heavy atom. The van der Waals surface area contributed by atoms with Gasteiger partial charge in [0.15, 0.2) is 12.2 Å². The molecule has 0 rings (SSSR count). The zero-order valence-corrected chi connectivity index (χ0v) is 62.5. The summed E-state index contributed by atoms with van der Waals surface area (Å²) >= 11 is 0. The standard InChI is InChI=1S/C74H144O17P2/c1-8-10-11-12-13-14-15-16-20-27-36-43-50-57-73(78)91-70(62-85-72(77)56-49-42-35-30-29-33-40-47-54-67(7)9-2)64-89-93(82,83)87-60-68(75)59-86-92(80,81)88-63-69(61-84-71(76)55-48-41-34-26-23-22-25-32-39-46-53-66(5)6)90-74(79)58-51-44-37-28-21-18-17-19-24-31-38-45-52-65(3)4/h65-70,75H,8-64H2,1-7H3,(H,80,81)(H,82,83)/t67?,68-,69-,70-/m1/s1. The van der Waals surface area contributed by atoms with Crippen molar-refractivity contribution in [3.8, 4) is 0 Å². The van der Waals surface area contributed by atoms with Crippen LogP contribution in [0.4, 0.5) is 0 Å². The number of aliphatic hydroxyl groups is 1. The van der Waals surface area contributed by atoms with Gasteiger partial charge in [-0.2, -0.15) is 0 Å². The number of unbranched alkanes of at least 4 members (excludes halogenated alkanes) is 39. The van der Waals surface area contributed by atoms with Crippen LogP contribution in [0.25, 0.3) is 0 Å². The molecule has 0 aliphatic rings. The summed E-state index contributed by atoms with van der Waals surface area (Å²) in [5, 5.41) is 10.6. The molecule has 19 heteroatoms. The number of hydrogen-bond donors (Lipinski definition) is 3. The molecule has 0 aromatic rings. The SMILES string of the molecule is CCCCCCCCCCCCCCCC(=O)O[C@H](COC(=O)CCCCCCCCCCC(C)CC)COP(=O)(O)OC[C@H](O)COP(=O)(O)OC[C@@H](COC(=O)CCCCCCCCCCCCC(C)C)OC(=O)CCCCCCCCCCCCCCC(C)C. The van der Waals surface area contributed by atoms with E-state index in [1.807, 2.05) is 0 Å². The van der Waals surface area contributed by atoms with E-state index < -0.39 is 97.5 Å². The van der Waals surface area contributed by atoms with Gasteiger partial charge in [-0.1, -0.05) is 325 Å². The number of aliphatic hydroxyl groups excluding tert-OH is 1. The zero-order valence-electron chi connectivity index (χ0n) is 60.7. The molecule has 0 spiro atoms. The average Bonchev–Trinajstić information content (AvgIpc) is 2.23. The quantitative estimate of drug-likeness (QED) is 0.0222. The maximum atomic E-state index is 13.1. The molecule has 0 saturated carbocycles. The van der Waals surface area contributed by atoms with E-state index in [0.717, 1.165) is 108 Å². The van der Waals surface area contributed by atoms with Gasteiger partial charge in [-0.05, 0) is 43.4 Å². The van der Waals surface area contributed by atoms with Crippen molar-refractivity contribution in [1.29, 1.82) is 0 Å². The van der Waals surface area contributed by atoms with E-state index in [1.165, 1.54) is 186 Å². The van der Waals surface area contributed by atoms with Crippen molar-refractivity contribution in [2.75, 3.05) is 39.6 Å². The summed E-state index contributed by atoms with van der Waals surface area (Å²) in [5.41, 5.74) is 0. The van der Waals surface area contributed by atoms with Gasteiger partial charge in [0.1, 0.15) is 19.3 Å². The Labute approximate surface area is 568 Å². The van der Waals surface area contributed by atoms with Gasteiger partial charge >= 0.3 is 39.5 Å². The lowest BCUT2D eigenvalue weighted by atomic mass is 9.99. The van der Waals surface area contributed by atoms with Crippen LogP contribution in [0.3, 0.4) is 0 Å². The van der Waals surface area contributed by atoms with Gasteiger partial charge in [0, 0.05) is 25.7 Å². The second-order valence-electron chi connectivity index (χ2n) is 27.9. The zero-order chi connectivity index (χ0) is 68.7. The number of ether oxygens (including phenoxy) is 4. The Morgan fingerprint density at radius 1 is 0.312 bits per heavy atom. The third-order valence-electron chi connectivity index (χ3n) is 17.5. The molecule has 0 saturated heterocycles. The molecule has 3 N–H and O–H groups in total. The largest absolute Gasteiger partial charge is 0.472 e. The number of carbonyl (C=O) groups excluding carboxylic acids is 4. The van der Waals surface area contributed by atoms with Crippen LogP contribution in [0.1, 0.15) is 376 Å². The Hall–Kier alpha value is -1.94. The molecule has 0 bridgehead atoms. The van der Waals surface area contributed by atoms with Crippen LogP contribution in [-0.4, -0.2) is 96.7 Å². The van der Waals surface area contributed by atoms with Crippen molar-refractivity contribution >= 4 is 39.5 Å². The minimum atomic E-state index is -4.96. The number of esters is 4. The lowest BCUT2D eigenvalue weighted by molar-refractivity contribution is -0.161. The van der Waals surface area contributed by atoms with Crippen molar-refractivity contribution in [1.82, 2.24) is 0 Å². The highest BCUT2D eigenvalue weighted by Crippen LogP contribution is 2.45. The number of phosphoric ester groups is 2. The molecule has 0 aliphatic carbocycles. The fourth-order valence-corrected chi connectivity index (χ4v) is 12.8. The molecule has 0 fully saturated rings. The van der Waals surface area contributed by atoms with Crippen molar-refractivity contribution in [3.05, 3.63) is 0 Å². The lowest BCUT2D eigenvalue weighted by Crippen LogP contribution is -2.30. The predicted octanol–water partition coefficient (Wildman–Crippen LogP) is 21.4. The fraction of sp³-hybridized carbons (Fsp3) is 0.946. The van der Waals surface area contributed by atoms with Crippen molar-refractivity contribution in [2.24, 2.45) is 17.8 Å². The van der Waals surface area contributed by atoms with E-state index in [-0.39, 0.29) is 25.7 Å². The van der Waals surface area contributed by atoms with Gasteiger partial charge in [-0.15, -0.1) is 0 Å². The van der Waals surface area contributed by atoms with Crippen LogP contribution in [-0.2, 0) is 65.4 Å². The maximum absolute atomic E-state index is 13.1. The number of hydrogen-bond acceptors (Lipinski definition) is 15. The Morgan fingerprint density at radius 2 is 0.548 bits per heavy atom. The highest BCUT2D eigenvalue weighted by Gasteiger charge is 2.30. The fourth-order valence-electron chi connectivity index (χ4n) is 11.2. The number of rotatable bonds is 72. The summed E-state index contributed by atoms with van der Waals surface area (Å²) in [6, 6.07) is 0. The van der Waals surface area contributed by atoms with E-state index in [0.29, 0.717) is 25.7 Å². The molecule has 0 radical (unpaired) electrons. The molecule has 0 aromatic heterocycles. The third-order valence-corrected chi connectivity index (χ3v) is 19.4. The minimum Gasteiger partial charge on any atom is -0.462 e. The topological polar surface area (TPSA) is 237 Å². The minimum absolute atomic E-state index is 0.106. The Bertz CT molecular complexity index is 1820. The molecule has 6 atom stereocenters. The van der Waals surface area contributed by atoms with E-state index >= 15 is 0 Å². The monoisotopic (exact) mass is 1370 g/mol. The van der Waals surface area contributed by atoms with E-state index in [4.69, 9.17) is 37.0 Å². The van der Waals surface area contributed by atoms with E-state index in [1.54, 1.807) is 0 Å². The van der Waals surface area contributed by atoms with Gasteiger partial charge in [0.05, 0.1) is 26.4 Å². The predicted molar refractivity (Wildman–Crippen MR) is 377 cm³/mol. The summed E-state index contributed by atoms with van der Waals surface area (Å²) in [6.07, 6.45) is 49.7. The van der Waals surface area contributed by atoms with Gasteiger partial charge in [-0.25, -0.2) is 9.13 Å². The first-order valence-electron chi connectivity index (χ1n) is 38.4. The summed E-state index contributed by atoms with van der Waals surface area (Å²) in [7, 11) is -9.91. The molecular formula is C74H144O17P2. The first kappa shape index (κ1) is 91.1. The summed E-state index contributed by atoms with van der Waals surface area (Å²) in [5.74, 6) is 0.194. The lowest BCUT2D eigenvalue weighted by Gasteiger charge is -2.21. The van der Waals surface area contributed by atoms with Crippen LogP contribution in [0.5, 0.6) is 0 Å². The summed E-state index contributed by atoms with van der Waals surface area (Å²) < 4.78 is 68.5. The van der Waals surface area contributed by atoms with Gasteiger partial charge in [0.25, 0.3) is 0 Å². The highest BCUT2D eigenvalue weighted by atomic mass is 31.2. The van der Waals surface area contributed by atoms with E-state index in [2.05, 4.69) is 48.5 Å². The summed E-state index contributed by atoms with van der Waals surface area (Å²) in [4.78, 5) is 72.8. The van der Waals surface area contributed by atoms with Crippen LogP contribution in [0.2, 0.25) is 0 Å². The molecule has 0 aromatic carbocycles. The first-order valence-corrected chi connectivity index (χ1v) is 41.4. The maximum Gasteiger partial charge on any atom is 0.472 e. The first-order chi connectivity index (χ1) is 44.8. The van der Waals surface area contributed by atoms with Crippen LogP contribution >= 0.6 is 15.6 Å². The van der Waals surface area contributed by atoms with E-state index in [9.17, 15) is 43.2 Å². The van der Waals surface area contributed by atoms with Crippen molar-refractivity contribution in [2.45, 2.75) is 394 Å². The van der Waals surface area contributed by atoms with Crippen LogP contribution in [0, 0.1) is 17.8 Å². The smallest absolute Gasteiger partial charge is 0.462 e. The molecule has 0 heterocycles. The molecule has 0 aliphatic heterocycles.